The summed E-state index contributed by atoms with van der Waals surface area (Å²) in [6.07, 6.45) is 0.00780. The van der Waals surface area contributed by atoms with Crippen LogP contribution in [0.15, 0.2) is 24.3 Å². The highest BCUT2D eigenvalue weighted by atomic mass is 16.5. The molecular formula is C19H32N4O2. The van der Waals surface area contributed by atoms with Crippen LogP contribution in [-0.4, -0.2) is 69.3 Å². The van der Waals surface area contributed by atoms with Crippen molar-refractivity contribution < 1.29 is 9.53 Å². The minimum absolute atomic E-state index is 0.00780. The first-order valence-corrected chi connectivity index (χ1v) is 9.06. The number of carbonyl (C=O) groups excluding carboxylic acids is 1. The fourth-order valence-electron chi connectivity index (χ4n) is 2.98. The summed E-state index contributed by atoms with van der Waals surface area (Å²) in [6.45, 7) is 10.3. The Kier molecular flexibility index (Phi) is 7.68. The zero-order chi connectivity index (χ0) is 18.2. The number of hydrogen-bond acceptors (Lipinski definition) is 4. The van der Waals surface area contributed by atoms with Gasteiger partial charge in [-0.3, -0.25) is 0 Å². The summed E-state index contributed by atoms with van der Waals surface area (Å²) in [6, 6.07) is 7.60. The molecule has 2 N–H and O–H groups in total. The van der Waals surface area contributed by atoms with Crippen molar-refractivity contribution in [1.29, 1.82) is 0 Å². The molecular weight excluding hydrogens is 316 g/mol. The lowest BCUT2D eigenvalue weighted by atomic mass is 10.1. The first kappa shape index (κ1) is 19.7. The Morgan fingerprint density at radius 3 is 2.64 bits per heavy atom. The molecule has 1 fully saturated rings. The monoisotopic (exact) mass is 348 g/mol. The van der Waals surface area contributed by atoms with Gasteiger partial charge in [0.1, 0.15) is 0 Å². The molecule has 0 spiro atoms. The number of hydrogen-bond donors (Lipinski definition) is 2. The average Bonchev–Trinajstić information content (AvgIpc) is 2.61. The van der Waals surface area contributed by atoms with Gasteiger partial charge in [-0.1, -0.05) is 19.1 Å². The fourth-order valence-corrected chi connectivity index (χ4v) is 2.98. The third-order valence-electron chi connectivity index (χ3n) is 4.74. The number of ether oxygens (including phenoxy) is 1. The van der Waals surface area contributed by atoms with Crippen molar-refractivity contribution >= 4 is 11.7 Å². The van der Waals surface area contributed by atoms with Crippen LogP contribution in [-0.2, 0) is 4.74 Å². The van der Waals surface area contributed by atoms with E-state index < -0.39 is 0 Å². The lowest BCUT2D eigenvalue weighted by Gasteiger charge is -2.33. The predicted octanol–water partition coefficient (Wildman–Crippen LogP) is 2.40. The van der Waals surface area contributed by atoms with Crippen molar-refractivity contribution in [2.75, 3.05) is 58.7 Å². The van der Waals surface area contributed by atoms with Gasteiger partial charge in [-0.2, -0.15) is 0 Å². The largest absolute Gasteiger partial charge is 0.377 e. The Morgan fingerprint density at radius 2 is 1.96 bits per heavy atom. The summed E-state index contributed by atoms with van der Waals surface area (Å²) in [5.41, 5.74) is 1.83. The number of urea groups is 1. The molecule has 0 saturated carbocycles. The minimum Gasteiger partial charge on any atom is -0.377 e. The molecule has 1 heterocycles. The lowest BCUT2D eigenvalue weighted by molar-refractivity contribution is 0.119. The van der Waals surface area contributed by atoms with E-state index in [-0.39, 0.29) is 12.1 Å². The van der Waals surface area contributed by atoms with E-state index in [0.29, 0.717) is 12.5 Å². The highest BCUT2D eigenvalue weighted by Crippen LogP contribution is 2.19. The maximum absolute atomic E-state index is 12.1. The Morgan fingerprint density at radius 1 is 1.24 bits per heavy atom. The Labute approximate surface area is 151 Å². The van der Waals surface area contributed by atoms with Crippen LogP contribution >= 0.6 is 0 Å². The van der Waals surface area contributed by atoms with Gasteiger partial charge in [0.15, 0.2) is 0 Å². The molecule has 2 atom stereocenters. The molecule has 140 valence electrons. The van der Waals surface area contributed by atoms with Crippen molar-refractivity contribution in [3.05, 3.63) is 29.8 Å². The summed E-state index contributed by atoms with van der Waals surface area (Å²) in [7, 11) is 3.84. The molecule has 2 rings (SSSR count). The number of rotatable bonds is 7. The number of methoxy groups -OCH3 is 1. The molecule has 2 amide bonds. The minimum atomic E-state index is -0.160. The van der Waals surface area contributed by atoms with Crippen LogP contribution in [0, 0.1) is 5.92 Å². The molecule has 0 bridgehead atoms. The fraction of sp³-hybridized carbons (Fsp3) is 0.632. The number of benzene rings is 1. The number of nitrogens with zero attached hydrogens (tertiary/aromatic N) is 2. The van der Waals surface area contributed by atoms with E-state index in [1.807, 2.05) is 31.2 Å². The summed E-state index contributed by atoms with van der Waals surface area (Å²) in [4.78, 5) is 17.0. The van der Waals surface area contributed by atoms with Gasteiger partial charge in [0.2, 0.25) is 0 Å². The number of anilines is 1. The Balaban J connectivity index is 1.73. The number of carbonyl (C=O) groups is 1. The number of piperazine rings is 1. The van der Waals surface area contributed by atoms with E-state index in [9.17, 15) is 4.79 Å². The van der Waals surface area contributed by atoms with Crippen LogP contribution < -0.4 is 10.6 Å². The predicted molar refractivity (Wildman–Crippen MR) is 102 cm³/mol. The molecule has 25 heavy (non-hydrogen) atoms. The van der Waals surface area contributed by atoms with Crippen LogP contribution in [0.25, 0.3) is 0 Å². The molecule has 1 aromatic rings. The highest BCUT2D eigenvalue weighted by Gasteiger charge is 2.16. The van der Waals surface area contributed by atoms with Crippen molar-refractivity contribution in [1.82, 2.24) is 15.1 Å². The van der Waals surface area contributed by atoms with Crippen molar-refractivity contribution in [3.8, 4) is 0 Å². The molecule has 1 aromatic carbocycles. The van der Waals surface area contributed by atoms with E-state index in [0.717, 1.165) is 44.0 Å². The van der Waals surface area contributed by atoms with E-state index in [1.165, 1.54) is 0 Å². The van der Waals surface area contributed by atoms with Crippen LogP contribution in [0.2, 0.25) is 0 Å². The molecule has 1 saturated heterocycles. The second-order valence-corrected chi connectivity index (χ2v) is 7.05. The van der Waals surface area contributed by atoms with Crippen LogP contribution in [0.1, 0.15) is 25.5 Å². The molecule has 0 aromatic heterocycles. The molecule has 0 unspecified atom stereocenters. The smallest absolute Gasteiger partial charge is 0.319 e. The molecule has 6 heteroatoms. The number of likely N-dealkylation sites (N-methyl/N-ethyl adjacent to an activating group) is 1. The summed E-state index contributed by atoms with van der Waals surface area (Å²) < 4.78 is 5.32. The first-order chi connectivity index (χ1) is 12.0. The van der Waals surface area contributed by atoms with Gasteiger partial charge < -0.3 is 25.2 Å². The van der Waals surface area contributed by atoms with E-state index in [2.05, 4.69) is 34.4 Å². The molecule has 1 aliphatic heterocycles. The first-order valence-electron chi connectivity index (χ1n) is 9.06. The van der Waals surface area contributed by atoms with Crippen molar-refractivity contribution in [2.24, 2.45) is 5.92 Å². The highest BCUT2D eigenvalue weighted by molar-refractivity contribution is 5.89. The van der Waals surface area contributed by atoms with Gasteiger partial charge in [0, 0.05) is 52.1 Å². The SMILES string of the molecule is CO[C@H](C)c1cccc(NC(=O)NC[C@@H](C)CN2CCN(C)CC2)c1. The molecule has 6 nitrogen and oxygen atoms in total. The lowest BCUT2D eigenvalue weighted by Crippen LogP contribution is -2.47. The average molecular weight is 348 g/mol. The van der Waals surface area contributed by atoms with Gasteiger partial charge in [-0.25, -0.2) is 4.79 Å². The van der Waals surface area contributed by atoms with Crippen LogP contribution in [0.5, 0.6) is 0 Å². The summed E-state index contributed by atoms with van der Waals surface area (Å²) >= 11 is 0. The summed E-state index contributed by atoms with van der Waals surface area (Å²) in [5, 5.41) is 5.87. The second-order valence-electron chi connectivity index (χ2n) is 7.05. The Bertz CT molecular complexity index is 544. The van der Waals surface area contributed by atoms with E-state index in [4.69, 9.17) is 4.74 Å². The van der Waals surface area contributed by atoms with Gasteiger partial charge in [0.05, 0.1) is 6.10 Å². The molecule has 1 aliphatic rings. The summed E-state index contributed by atoms with van der Waals surface area (Å²) in [5.74, 6) is 0.425. The zero-order valence-electron chi connectivity index (χ0n) is 15.9. The normalized spacial score (nSPS) is 18.6. The number of amides is 2. The van der Waals surface area contributed by atoms with Crippen molar-refractivity contribution in [3.63, 3.8) is 0 Å². The molecule has 0 aliphatic carbocycles. The second kappa shape index (κ2) is 9.75. The van der Waals surface area contributed by atoms with Crippen LogP contribution in [0.4, 0.5) is 10.5 Å². The van der Waals surface area contributed by atoms with Crippen LogP contribution in [0.3, 0.4) is 0 Å². The van der Waals surface area contributed by atoms with E-state index in [1.54, 1.807) is 7.11 Å². The third kappa shape index (κ3) is 6.65. The van der Waals surface area contributed by atoms with Gasteiger partial charge in [-0.05, 0) is 37.6 Å². The quantitative estimate of drug-likeness (QED) is 0.794. The standard InChI is InChI=1S/C19H32N4O2/c1-15(14-23-10-8-22(3)9-11-23)13-20-19(24)21-18-7-5-6-17(12-18)16(2)25-4/h5-7,12,15-16H,8-11,13-14H2,1-4H3,(H2,20,21,24)/t15-,16-/m1/s1. The zero-order valence-corrected chi connectivity index (χ0v) is 15.9. The third-order valence-corrected chi connectivity index (χ3v) is 4.74. The van der Waals surface area contributed by atoms with Gasteiger partial charge in [0.25, 0.3) is 0 Å². The Hall–Kier alpha value is -1.63. The van der Waals surface area contributed by atoms with E-state index >= 15 is 0 Å². The number of nitrogens with one attached hydrogen (secondary N) is 2. The van der Waals surface area contributed by atoms with Gasteiger partial charge >= 0.3 is 6.03 Å². The van der Waals surface area contributed by atoms with Gasteiger partial charge in [-0.15, -0.1) is 0 Å². The van der Waals surface area contributed by atoms with Crippen molar-refractivity contribution in [2.45, 2.75) is 20.0 Å². The maximum Gasteiger partial charge on any atom is 0.319 e. The molecule has 0 radical (unpaired) electrons. The maximum atomic E-state index is 12.1. The topological polar surface area (TPSA) is 56.8 Å².